The van der Waals surface area contributed by atoms with Crippen molar-refractivity contribution >= 4 is 25.8 Å². The van der Waals surface area contributed by atoms with Gasteiger partial charge < -0.3 is 0 Å². The zero-order chi connectivity index (χ0) is 12.6. The Morgan fingerprint density at radius 3 is 2.35 bits per heavy atom. The van der Waals surface area contributed by atoms with Gasteiger partial charge in [-0.25, -0.2) is 4.31 Å². The number of hydrogen-bond donors (Lipinski definition) is 0. The SMILES string of the molecule is CCC1C(=O)N(S(=O)(=O)Cl)C1c1ccccc1. The molecule has 92 valence electrons. The van der Waals surface area contributed by atoms with Gasteiger partial charge in [0.05, 0.1) is 12.0 Å². The van der Waals surface area contributed by atoms with Gasteiger partial charge in [-0.1, -0.05) is 37.3 Å². The van der Waals surface area contributed by atoms with E-state index in [0.717, 1.165) is 9.87 Å². The molecule has 1 amide bonds. The molecule has 2 atom stereocenters. The zero-order valence-corrected chi connectivity index (χ0v) is 10.8. The van der Waals surface area contributed by atoms with Crippen LogP contribution in [0.1, 0.15) is 24.9 Å². The topological polar surface area (TPSA) is 54.5 Å². The molecule has 1 fully saturated rings. The second-order valence-electron chi connectivity index (χ2n) is 3.95. The van der Waals surface area contributed by atoms with Gasteiger partial charge in [-0.05, 0) is 12.0 Å². The van der Waals surface area contributed by atoms with Gasteiger partial charge in [0.25, 0.3) is 0 Å². The molecule has 0 saturated carbocycles. The minimum absolute atomic E-state index is 0.300. The lowest BCUT2D eigenvalue weighted by molar-refractivity contribution is -0.146. The predicted octanol–water partition coefficient (Wildman–Crippen LogP) is 2.08. The highest BCUT2D eigenvalue weighted by atomic mass is 35.7. The van der Waals surface area contributed by atoms with Crippen molar-refractivity contribution in [1.82, 2.24) is 4.31 Å². The molecule has 2 rings (SSSR count). The van der Waals surface area contributed by atoms with E-state index < -0.39 is 21.2 Å². The van der Waals surface area contributed by atoms with Crippen LogP contribution in [0.2, 0.25) is 0 Å². The molecule has 0 radical (unpaired) electrons. The molecule has 6 heteroatoms. The van der Waals surface area contributed by atoms with Crippen LogP contribution >= 0.6 is 10.7 Å². The molecule has 0 aliphatic carbocycles. The predicted molar refractivity (Wildman–Crippen MR) is 64.6 cm³/mol. The van der Waals surface area contributed by atoms with Crippen molar-refractivity contribution < 1.29 is 13.2 Å². The Morgan fingerprint density at radius 2 is 1.88 bits per heavy atom. The second-order valence-corrected chi connectivity index (χ2v) is 6.33. The van der Waals surface area contributed by atoms with E-state index in [0.29, 0.717) is 6.42 Å². The third-order valence-corrected chi connectivity index (χ3v) is 4.31. The number of halogens is 1. The van der Waals surface area contributed by atoms with Crippen molar-refractivity contribution in [1.29, 1.82) is 0 Å². The van der Waals surface area contributed by atoms with Crippen LogP contribution in [0.25, 0.3) is 0 Å². The third kappa shape index (κ3) is 2.05. The molecule has 1 saturated heterocycles. The van der Waals surface area contributed by atoms with Crippen molar-refractivity contribution in [2.75, 3.05) is 0 Å². The van der Waals surface area contributed by atoms with Gasteiger partial charge in [-0.15, -0.1) is 0 Å². The first-order valence-corrected chi connectivity index (χ1v) is 7.56. The number of amides is 1. The van der Waals surface area contributed by atoms with Crippen molar-refractivity contribution in [2.45, 2.75) is 19.4 Å². The Bertz CT molecular complexity index is 529. The molecule has 1 aromatic carbocycles. The minimum atomic E-state index is -4.00. The highest BCUT2D eigenvalue weighted by molar-refractivity contribution is 8.12. The van der Waals surface area contributed by atoms with Crippen LogP contribution in [0.3, 0.4) is 0 Å². The summed E-state index contributed by atoms with van der Waals surface area (Å²) in [7, 11) is 1.27. The molecule has 1 aromatic rings. The number of carbonyl (C=O) groups is 1. The fourth-order valence-electron chi connectivity index (χ4n) is 2.18. The quantitative estimate of drug-likeness (QED) is 0.626. The monoisotopic (exact) mass is 273 g/mol. The van der Waals surface area contributed by atoms with Gasteiger partial charge in [0.1, 0.15) is 0 Å². The average molecular weight is 274 g/mol. The summed E-state index contributed by atoms with van der Waals surface area (Å²) in [6.45, 7) is 1.86. The number of hydrogen-bond acceptors (Lipinski definition) is 3. The Labute approximate surface area is 105 Å². The van der Waals surface area contributed by atoms with E-state index in [1.54, 1.807) is 12.1 Å². The van der Waals surface area contributed by atoms with Crippen LogP contribution in [-0.2, 0) is 14.0 Å². The first kappa shape index (κ1) is 12.4. The maximum atomic E-state index is 11.7. The molecule has 1 heterocycles. The molecule has 2 unspecified atom stereocenters. The molecular formula is C11H12ClNO3S. The van der Waals surface area contributed by atoms with Gasteiger partial charge in [-0.3, -0.25) is 4.79 Å². The van der Waals surface area contributed by atoms with E-state index in [2.05, 4.69) is 0 Å². The molecule has 0 spiro atoms. The number of nitrogens with zero attached hydrogens (tertiary/aromatic N) is 1. The van der Waals surface area contributed by atoms with Crippen LogP contribution in [-0.4, -0.2) is 18.6 Å². The van der Waals surface area contributed by atoms with Crippen LogP contribution < -0.4 is 0 Å². The Hall–Kier alpha value is -1.07. The summed E-state index contributed by atoms with van der Waals surface area (Å²) in [5, 5.41) is 0. The van der Waals surface area contributed by atoms with Crippen LogP contribution in [0.15, 0.2) is 30.3 Å². The van der Waals surface area contributed by atoms with Crippen molar-refractivity contribution in [3.8, 4) is 0 Å². The lowest BCUT2D eigenvalue weighted by Crippen LogP contribution is -2.55. The molecular weight excluding hydrogens is 262 g/mol. The Kier molecular flexibility index (Phi) is 3.14. The molecule has 1 aliphatic heterocycles. The highest BCUT2D eigenvalue weighted by Gasteiger charge is 2.52. The summed E-state index contributed by atoms with van der Waals surface area (Å²) in [6.07, 6.45) is 0.599. The van der Waals surface area contributed by atoms with Crippen LogP contribution in [0, 0.1) is 5.92 Å². The largest absolute Gasteiger partial charge is 0.324 e. The normalized spacial score (nSPS) is 24.6. The smallest absolute Gasteiger partial charge is 0.273 e. The van der Waals surface area contributed by atoms with Gasteiger partial charge in [0.15, 0.2) is 0 Å². The summed E-state index contributed by atoms with van der Waals surface area (Å²) < 4.78 is 23.4. The molecule has 17 heavy (non-hydrogen) atoms. The number of rotatable bonds is 3. The zero-order valence-electron chi connectivity index (χ0n) is 9.21. The van der Waals surface area contributed by atoms with E-state index in [1.165, 1.54) is 0 Å². The van der Waals surface area contributed by atoms with E-state index in [1.807, 2.05) is 25.1 Å². The minimum Gasteiger partial charge on any atom is -0.273 e. The van der Waals surface area contributed by atoms with Gasteiger partial charge >= 0.3 is 9.24 Å². The summed E-state index contributed by atoms with van der Waals surface area (Å²) in [5.41, 5.74) is 0.795. The lowest BCUT2D eigenvalue weighted by Gasteiger charge is -2.44. The van der Waals surface area contributed by atoms with Crippen LogP contribution in [0.5, 0.6) is 0 Å². The third-order valence-electron chi connectivity index (χ3n) is 2.98. The number of β-lactam (4-membered cyclic amide) rings is 1. The molecule has 1 aliphatic rings. The van der Waals surface area contributed by atoms with E-state index in [4.69, 9.17) is 10.7 Å². The molecule has 0 bridgehead atoms. The fourth-order valence-corrected chi connectivity index (χ4v) is 3.53. The van der Waals surface area contributed by atoms with E-state index in [9.17, 15) is 13.2 Å². The maximum Gasteiger partial charge on any atom is 0.324 e. The Morgan fingerprint density at radius 1 is 1.29 bits per heavy atom. The van der Waals surface area contributed by atoms with Gasteiger partial charge in [0, 0.05) is 10.7 Å². The highest BCUT2D eigenvalue weighted by Crippen LogP contribution is 2.44. The summed E-state index contributed by atoms with van der Waals surface area (Å²) in [4.78, 5) is 11.7. The van der Waals surface area contributed by atoms with Crippen molar-refractivity contribution in [2.24, 2.45) is 5.92 Å². The first-order valence-electron chi connectivity index (χ1n) is 5.29. The number of carbonyl (C=O) groups excluding carboxylic acids is 1. The maximum absolute atomic E-state index is 11.7. The fraction of sp³-hybridized carbons (Fsp3) is 0.364. The second kappa shape index (κ2) is 4.31. The van der Waals surface area contributed by atoms with Crippen LogP contribution in [0.4, 0.5) is 0 Å². The van der Waals surface area contributed by atoms with Crippen molar-refractivity contribution in [3.63, 3.8) is 0 Å². The standard InChI is InChI=1S/C11H12ClNO3S/c1-2-9-10(8-6-4-3-5-7-8)13(11(9)14)17(12,15)16/h3-7,9-10H,2H2,1H3. The summed E-state index contributed by atoms with van der Waals surface area (Å²) in [6, 6.07) is 8.60. The first-order chi connectivity index (χ1) is 7.96. The average Bonchev–Trinajstić information content (AvgIpc) is 2.25. The van der Waals surface area contributed by atoms with E-state index in [-0.39, 0.29) is 5.92 Å². The molecule has 0 aromatic heterocycles. The van der Waals surface area contributed by atoms with Gasteiger partial charge in [0.2, 0.25) is 5.91 Å². The summed E-state index contributed by atoms with van der Waals surface area (Å²) >= 11 is 0. The molecule has 4 nitrogen and oxygen atoms in total. The van der Waals surface area contributed by atoms with E-state index >= 15 is 0 Å². The number of benzene rings is 1. The van der Waals surface area contributed by atoms with Gasteiger partial charge in [-0.2, -0.15) is 8.42 Å². The lowest BCUT2D eigenvalue weighted by atomic mass is 9.83. The summed E-state index contributed by atoms with van der Waals surface area (Å²) in [5.74, 6) is -0.720. The van der Waals surface area contributed by atoms with Crippen molar-refractivity contribution in [3.05, 3.63) is 35.9 Å². The Balaban J connectivity index is 2.40. The molecule has 0 N–H and O–H groups in total.